The number of hydrogen-bond donors (Lipinski definition) is 1. The second-order valence-corrected chi connectivity index (χ2v) is 10.9. The number of aromatic nitrogens is 4. The molecule has 0 aliphatic carbocycles. The molecule has 3 aromatic heterocycles. The number of hydrogen-bond acceptors (Lipinski definition) is 5. The monoisotopic (exact) mass is 489 g/mol. The highest BCUT2D eigenvalue weighted by Crippen LogP contribution is 2.39. The average Bonchev–Trinajstić information content (AvgIpc) is 3.46. The molecule has 1 aliphatic rings. The zero-order valence-corrected chi connectivity index (χ0v) is 22.0. The Bertz CT molecular complexity index is 1400. The lowest BCUT2D eigenvalue weighted by atomic mass is 9.87. The molecule has 1 N–H and O–H groups in total. The molecule has 0 saturated carbocycles. The molecule has 0 atom stereocenters. The van der Waals surface area contributed by atoms with Gasteiger partial charge in [-0.3, -0.25) is 0 Å². The van der Waals surface area contributed by atoms with Crippen molar-refractivity contribution >= 4 is 22.6 Å². The Labute approximate surface area is 211 Å². The molecular weight excluding hydrogens is 454 g/mol. The van der Waals surface area contributed by atoms with Gasteiger partial charge in [-0.05, 0) is 74.8 Å². The van der Waals surface area contributed by atoms with Gasteiger partial charge in [-0.15, -0.1) is 0 Å². The van der Waals surface area contributed by atoms with Crippen LogP contribution in [0.5, 0.6) is 5.75 Å². The lowest BCUT2D eigenvalue weighted by molar-refractivity contribution is 0.0205. The number of aromatic amines is 1. The van der Waals surface area contributed by atoms with Crippen molar-refractivity contribution in [3.05, 3.63) is 47.9 Å². The van der Waals surface area contributed by atoms with E-state index < -0.39 is 5.60 Å². The van der Waals surface area contributed by atoms with Gasteiger partial charge in [0, 0.05) is 35.8 Å². The Kier molecular flexibility index (Phi) is 6.14. The van der Waals surface area contributed by atoms with Crippen LogP contribution in [0.15, 0.2) is 36.8 Å². The molecule has 8 heteroatoms. The van der Waals surface area contributed by atoms with Gasteiger partial charge >= 0.3 is 6.09 Å². The minimum Gasteiger partial charge on any atom is -0.493 e. The largest absolute Gasteiger partial charge is 0.493 e. The number of fused-ring (bicyclic) bond motifs is 2. The fourth-order valence-corrected chi connectivity index (χ4v) is 5.22. The second-order valence-electron chi connectivity index (χ2n) is 10.9. The van der Waals surface area contributed by atoms with Gasteiger partial charge in [-0.25, -0.2) is 14.3 Å². The molecule has 36 heavy (non-hydrogen) atoms. The van der Waals surface area contributed by atoms with Crippen molar-refractivity contribution in [3.63, 3.8) is 0 Å². The van der Waals surface area contributed by atoms with Crippen molar-refractivity contribution in [2.24, 2.45) is 0 Å². The molecule has 1 aliphatic heterocycles. The predicted molar refractivity (Wildman–Crippen MR) is 141 cm³/mol. The van der Waals surface area contributed by atoms with Crippen LogP contribution in [-0.2, 0) is 4.74 Å². The van der Waals surface area contributed by atoms with E-state index in [0.29, 0.717) is 36.3 Å². The highest BCUT2D eigenvalue weighted by atomic mass is 16.6. The maximum Gasteiger partial charge on any atom is 0.410 e. The van der Waals surface area contributed by atoms with E-state index in [1.165, 1.54) is 22.8 Å². The maximum atomic E-state index is 12.5. The summed E-state index contributed by atoms with van der Waals surface area (Å²) in [4.78, 5) is 22.3. The zero-order chi connectivity index (χ0) is 25.6. The number of carbonyl (C=O) groups excluding carboxylic acids is 1. The number of benzene rings is 1. The van der Waals surface area contributed by atoms with Crippen LogP contribution in [0.2, 0.25) is 0 Å². The zero-order valence-electron chi connectivity index (χ0n) is 22.0. The Morgan fingerprint density at radius 2 is 1.92 bits per heavy atom. The van der Waals surface area contributed by atoms with Crippen LogP contribution < -0.4 is 4.74 Å². The first-order valence-corrected chi connectivity index (χ1v) is 12.7. The molecule has 4 heterocycles. The lowest BCUT2D eigenvalue weighted by Crippen LogP contribution is -2.41. The Morgan fingerprint density at radius 1 is 1.17 bits per heavy atom. The third-order valence-corrected chi connectivity index (χ3v) is 6.91. The molecule has 1 amide bonds. The van der Waals surface area contributed by atoms with Crippen molar-refractivity contribution < 1.29 is 14.3 Å². The first-order valence-electron chi connectivity index (χ1n) is 12.7. The topological polar surface area (TPSA) is 84.8 Å². The molecular formula is C28H35N5O3. The fraction of sp³-hybridized carbons (Fsp3) is 0.464. The van der Waals surface area contributed by atoms with Crippen molar-refractivity contribution in [2.45, 2.75) is 64.9 Å². The summed E-state index contributed by atoms with van der Waals surface area (Å²) in [7, 11) is 1.66. The normalized spacial score (nSPS) is 15.2. The third-order valence-electron chi connectivity index (χ3n) is 6.91. The summed E-state index contributed by atoms with van der Waals surface area (Å²) in [6.45, 7) is 11.6. The number of nitrogens with zero attached hydrogens (tertiary/aromatic N) is 4. The summed E-state index contributed by atoms with van der Waals surface area (Å²) in [5.41, 5.74) is 6.03. The van der Waals surface area contributed by atoms with Gasteiger partial charge in [0.15, 0.2) is 11.4 Å². The molecule has 0 unspecified atom stereocenters. The molecule has 5 rings (SSSR count). The van der Waals surface area contributed by atoms with Crippen molar-refractivity contribution in [1.29, 1.82) is 0 Å². The van der Waals surface area contributed by atoms with Gasteiger partial charge in [0.25, 0.3) is 0 Å². The highest BCUT2D eigenvalue weighted by Gasteiger charge is 2.28. The molecule has 1 saturated heterocycles. The number of rotatable bonds is 4. The average molecular weight is 490 g/mol. The number of piperidine rings is 1. The van der Waals surface area contributed by atoms with Crippen LogP contribution in [0.25, 0.3) is 27.8 Å². The van der Waals surface area contributed by atoms with Crippen LogP contribution in [0.3, 0.4) is 0 Å². The molecule has 8 nitrogen and oxygen atoms in total. The van der Waals surface area contributed by atoms with Gasteiger partial charge in [0.1, 0.15) is 11.9 Å². The molecule has 190 valence electrons. The van der Waals surface area contributed by atoms with E-state index >= 15 is 0 Å². The number of likely N-dealkylation sites (tertiary alicyclic amines) is 1. The van der Waals surface area contributed by atoms with Crippen molar-refractivity contribution in [2.75, 3.05) is 20.2 Å². The molecule has 0 spiro atoms. The van der Waals surface area contributed by atoms with E-state index in [4.69, 9.17) is 9.47 Å². The van der Waals surface area contributed by atoms with E-state index in [1.54, 1.807) is 11.6 Å². The first kappa shape index (κ1) is 24.2. The summed E-state index contributed by atoms with van der Waals surface area (Å²) >= 11 is 0. The minimum absolute atomic E-state index is 0.214. The highest BCUT2D eigenvalue weighted by molar-refractivity contribution is 5.92. The van der Waals surface area contributed by atoms with E-state index in [1.807, 2.05) is 37.9 Å². The van der Waals surface area contributed by atoms with Crippen LogP contribution in [0, 0.1) is 0 Å². The van der Waals surface area contributed by atoms with E-state index in [9.17, 15) is 4.79 Å². The molecule has 0 bridgehead atoms. The number of methoxy groups -OCH3 is 1. The summed E-state index contributed by atoms with van der Waals surface area (Å²) < 4.78 is 12.9. The molecule has 1 fully saturated rings. The van der Waals surface area contributed by atoms with E-state index in [-0.39, 0.29) is 6.09 Å². The molecule has 1 aromatic carbocycles. The number of ether oxygens (including phenoxy) is 2. The third kappa shape index (κ3) is 4.52. The summed E-state index contributed by atoms with van der Waals surface area (Å²) in [6.07, 6.45) is 5.18. The SMILES string of the molecule is COc1cc(-c2[nH]c3ccc(C4CCN(C(=O)OC(C)(C)C)CC4)cc3c2C(C)C)cn2ncnc12. The number of carbonyl (C=O) groups is 1. The number of pyridine rings is 1. The smallest absolute Gasteiger partial charge is 0.410 e. The Morgan fingerprint density at radius 3 is 2.58 bits per heavy atom. The molecule has 0 radical (unpaired) electrons. The quantitative estimate of drug-likeness (QED) is 0.373. The van der Waals surface area contributed by atoms with Gasteiger partial charge in [0.05, 0.1) is 12.8 Å². The van der Waals surface area contributed by atoms with Crippen LogP contribution >= 0.6 is 0 Å². The van der Waals surface area contributed by atoms with Gasteiger partial charge in [0.2, 0.25) is 0 Å². The lowest BCUT2D eigenvalue weighted by Gasteiger charge is -2.33. The van der Waals surface area contributed by atoms with Gasteiger partial charge in [-0.1, -0.05) is 19.9 Å². The minimum atomic E-state index is -0.472. The summed E-state index contributed by atoms with van der Waals surface area (Å²) in [6, 6.07) is 8.77. The summed E-state index contributed by atoms with van der Waals surface area (Å²) in [5.74, 6) is 1.42. The van der Waals surface area contributed by atoms with Crippen LogP contribution in [-0.4, -0.2) is 56.4 Å². The number of nitrogens with one attached hydrogen (secondary N) is 1. The van der Waals surface area contributed by atoms with Gasteiger partial charge < -0.3 is 19.4 Å². The molecule has 4 aromatic rings. The summed E-state index contributed by atoms with van der Waals surface area (Å²) in [5, 5.41) is 5.57. The van der Waals surface area contributed by atoms with E-state index in [2.05, 4.69) is 47.1 Å². The Hall–Kier alpha value is -3.55. The Balaban J connectivity index is 1.46. The van der Waals surface area contributed by atoms with Crippen LogP contribution in [0.4, 0.5) is 4.79 Å². The maximum absolute atomic E-state index is 12.5. The standard InChI is InChI=1S/C28H35N5O3/c1-17(2)24-21-13-19(18-9-11-32(12-10-18)27(34)36-28(3,4)5)7-8-22(21)31-25(24)20-14-23(35-6)26-29-16-30-33(26)15-20/h7-8,13-18,31H,9-12H2,1-6H3. The van der Waals surface area contributed by atoms with E-state index in [0.717, 1.165) is 29.6 Å². The number of H-pyrrole nitrogens is 1. The number of amides is 1. The van der Waals surface area contributed by atoms with Gasteiger partial charge in [-0.2, -0.15) is 5.10 Å². The van der Waals surface area contributed by atoms with Crippen molar-refractivity contribution in [3.8, 4) is 17.0 Å². The fourth-order valence-electron chi connectivity index (χ4n) is 5.22. The first-order chi connectivity index (χ1) is 17.1. The predicted octanol–water partition coefficient (Wildman–Crippen LogP) is 6.12. The van der Waals surface area contributed by atoms with Crippen LogP contribution in [0.1, 0.15) is 70.4 Å². The van der Waals surface area contributed by atoms with Crippen molar-refractivity contribution in [1.82, 2.24) is 24.5 Å². The second kappa shape index (κ2) is 9.15.